The fourth-order valence-electron chi connectivity index (χ4n) is 1.20. The molecule has 0 aliphatic heterocycles. The minimum Gasteiger partial charge on any atom is -0.391 e. The average Bonchev–Trinajstić information content (AvgIpc) is 2.45. The normalized spacial score (nSPS) is 12.8. The van der Waals surface area contributed by atoms with Crippen LogP contribution in [0.4, 0.5) is 0 Å². The van der Waals surface area contributed by atoms with Gasteiger partial charge in [0.1, 0.15) is 5.69 Å². The number of carbonyl (C=O) groups excluding carboxylic acids is 1. The second-order valence-corrected chi connectivity index (χ2v) is 2.92. The van der Waals surface area contributed by atoms with E-state index in [4.69, 9.17) is 5.11 Å². The van der Waals surface area contributed by atoms with E-state index in [1.54, 1.807) is 11.6 Å². The number of nitrogens with zero attached hydrogens (tertiary/aromatic N) is 3. The van der Waals surface area contributed by atoms with Gasteiger partial charge < -0.3 is 5.11 Å². The van der Waals surface area contributed by atoms with Crippen molar-refractivity contribution in [2.75, 3.05) is 0 Å². The Kier molecular flexibility index (Phi) is 3.13. The number of aromatic nitrogens is 3. The van der Waals surface area contributed by atoms with Crippen LogP contribution in [0.25, 0.3) is 0 Å². The molecule has 0 aromatic carbocycles. The average molecular weight is 183 g/mol. The predicted octanol–water partition coefficient (Wildman–Crippen LogP) is 0.0338. The van der Waals surface area contributed by atoms with Crippen LogP contribution in [-0.2, 0) is 13.0 Å². The largest absolute Gasteiger partial charge is 0.391 e. The Morgan fingerprint density at radius 3 is 2.85 bits per heavy atom. The molecule has 1 unspecified atom stereocenters. The summed E-state index contributed by atoms with van der Waals surface area (Å²) in [5, 5.41) is 16.6. The Balaban J connectivity index is 2.93. The van der Waals surface area contributed by atoms with Gasteiger partial charge in [-0.2, -0.15) is 0 Å². The van der Waals surface area contributed by atoms with E-state index in [2.05, 4.69) is 10.3 Å². The highest BCUT2D eigenvalue weighted by Gasteiger charge is 2.10. The van der Waals surface area contributed by atoms with Crippen molar-refractivity contribution in [3.05, 3.63) is 11.4 Å². The highest BCUT2D eigenvalue weighted by Crippen LogP contribution is 2.04. The van der Waals surface area contributed by atoms with Crippen LogP contribution >= 0.6 is 0 Å². The summed E-state index contributed by atoms with van der Waals surface area (Å²) in [6, 6.07) is 0. The van der Waals surface area contributed by atoms with Crippen LogP contribution in [-0.4, -0.2) is 32.5 Å². The summed E-state index contributed by atoms with van der Waals surface area (Å²) in [6.07, 6.45) is 0.893. The maximum Gasteiger partial charge on any atom is 0.172 e. The molecule has 0 saturated carbocycles. The van der Waals surface area contributed by atoms with Crippen molar-refractivity contribution in [2.24, 2.45) is 0 Å². The zero-order valence-corrected chi connectivity index (χ0v) is 7.77. The Morgan fingerprint density at radius 2 is 2.38 bits per heavy atom. The number of aldehydes is 1. The first-order chi connectivity index (χ1) is 6.19. The van der Waals surface area contributed by atoms with Crippen LogP contribution in [0.2, 0.25) is 0 Å². The second-order valence-electron chi connectivity index (χ2n) is 2.92. The lowest BCUT2D eigenvalue weighted by atomic mass is 10.2. The third-order valence-corrected chi connectivity index (χ3v) is 1.75. The lowest BCUT2D eigenvalue weighted by molar-refractivity contribution is 0.111. The summed E-state index contributed by atoms with van der Waals surface area (Å²) in [5.74, 6) is 0. The lowest BCUT2D eigenvalue weighted by Gasteiger charge is -2.06. The van der Waals surface area contributed by atoms with Crippen LogP contribution in [0.1, 0.15) is 30.0 Å². The van der Waals surface area contributed by atoms with E-state index in [1.807, 2.05) is 6.92 Å². The van der Waals surface area contributed by atoms with Crippen molar-refractivity contribution in [1.82, 2.24) is 15.0 Å². The van der Waals surface area contributed by atoms with E-state index in [9.17, 15) is 4.79 Å². The first-order valence-electron chi connectivity index (χ1n) is 4.24. The summed E-state index contributed by atoms with van der Waals surface area (Å²) in [7, 11) is 0. The van der Waals surface area contributed by atoms with E-state index in [1.165, 1.54) is 0 Å². The molecule has 13 heavy (non-hydrogen) atoms. The summed E-state index contributed by atoms with van der Waals surface area (Å²) < 4.78 is 1.56. The van der Waals surface area contributed by atoms with Gasteiger partial charge in [0.2, 0.25) is 0 Å². The number of carbonyl (C=O) groups is 1. The Hall–Kier alpha value is -1.23. The van der Waals surface area contributed by atoms with Crippen molar-refractivity contribution < 1.29 is 9.90 Å². The molecule has 0 fully saturated rings. The highest BCUT2D eigenvalue weighted by molar-refractivity contribution is 5.73. The smallest absolute Gasteiger partial charge is 0.172 e. The van der Waals surface area contributed by atoms with Gasteiger partial charge in [-0.15, -0.1) is 5.10 Å². The number of aliphatic hydroxyl groups excluding tert-OH is 1. The quantitative estimate of drug-likeness (QED) is 0.669. The van der Waals surface area contributed by atoms with Gasteiger partial charge in [0.15, 0.2) is 6.29 Å². The molecule has 0 saturated heterocycles. The highest BCUT2D eigenvalue weighted by atomic mass is 16.3. The van der Waals surface area contributed by atoms with Gasteiger partial charge in [0, 0.05) is 0 Å². The van der Waals surface area contributed by atoms with Crippen molar-refractivity contribution >= 4 is 6.29 Å². The van der Waals surface area contributed by atoms with Crippen molar-refractivity contribution in [3.63, 3.8) is 0 Å². The molecule has 0 bridgehead atoms. The van der Waals surface area contributed by atoms with Crippen LogP contribution < -0.4 is 0 Å². The molecular formula is C8H13N3O2. The molecule has 0 amide bonds. The predicted molar refractivity (Wildman–Crippen MR) is 46.5 cm³/mol. The molecule has 0 aliphatic rings. The number of hydrogen-bond acceptors (Lipinski definition) is 4. The fourth-order valence-corrected chi connectivity index (χ4v) is 1.20. The summed E-state index contributed by atoms with van der Waals surface area (Å²) in [5.41, 5.74) is 1.14. The molecule has 0 radical (unpaired) electrons. The van der Waals surface area contributed by atoms with E-state index in [0.717, 1.165) is 5.69 Å². The summed E-state index contributed by atoms with van der Waals surface area (Å²) in [6.45, 7) is 3.97. The molecule has 5 nitrogen and oxygen atoms in total. The SMILES string of the molecule is CCc1c(C=O)nnn1CC(C)O. The minimum absolute atomic E-state index is 0.364. The first kappa shape index (κ1) is 9.85. The van der Waals surface area contributed by atoms with E-state index >= 15 is 0 Å². The van der Waals surface area contributed by atoms with Crippen molar-refractivity contribution in [3.8, 4) is 0 Å². The van der Waals surface area contributed by atoms with Crippen molar-refractivity contribution in [1.29, 1.82) is 0 Å². The number of hydrogen-bond donors (Lipinski definition) is 1. The van der Waals surface area contributed by atoms with Crippen molar-refractivity contribution in [2.45, 2.75) is 32.9 Å². The van der Waals surface area contributed by atoms with Gasteiger partial charge in [0.25, 0.3) is 0 Å². The molecule has 1 heterocycles. The topological polar surface area (TPSA) is 68.0 Å². The standard InChI is InChI=1S/C8H13N3O2/c1-3-8-7(5-12)9-10-11(8)4-6(2)13/h5-6,13H,3-4H2,1-2H3. The molecule has 72 valence electrons. The van der Waals surface area contributed by atoms with Gasteiger partial charge in [0.05, 0.1) is 18.3 Å². The third-order valence-electron chi connectivity index (χ3n) is 1.75. The fraction of sp³-hybridized carbons (Fsp3) is 0.625. The van der Waals surface area contributed by atoms with E-state index in [-0.39, 0.29) is 0 Å². The summed E-state index contributed by atoms with van der Waals surface area (Å²) in [4.78, 5) is 10.5. The monoisotopic (exact) mass is 183 g/mol. The molecule has 1 rings (SSSR count). The van der Waals surface area contributed by atoms with Gasteiger partial charge in [-0.3, -0.25) is 4.79 Å². The molecule has 0 aliphatic carbocycles. The number of rotatable bonds is 4. The van der Waals surface area contributed by atoms with Crippen LogP contribution in [0.15, 0.2) is 0 Å². The molecular weight excluding hydrogens is 170 g/mol. The van der Waals surface area contributed by atoms with Gasteiger partial charge >= 0.3 is 0 Å². The third kappa shape index (κ3) is 2.12. The molecule has 1 aromatic rings. The summed E-state index contributed by atoms with van der Waals surface area (Å²) >= 11 is 0. The molecule has 5 heteroatoms. The molecule has 1 N–H and O–H groups in total. The Labute approximate surface area is 76.4 Å². The molecule has 1 aromatic heterocycles. The zero-order chi connectivity index (χ0) is 9.84. The number of aliphatic hydroxyl groups is 1. The van der Waals surface area contributed by atoms with Crippen LogP contribution in [0, 0.1) is 0 Å². The van der Waals surface area contributed by atoms with Gasteiger partial charge in [-0.25, -0.2) is 4.68 Å². The zero-order valence-electron chi connectivity index (χ0n) is 7.77. The van der Waals surface area contributed by atoms with Gasteiger partial charge in [-0.1, -0.05) is 12.1 Å². The Bertz CT molecular complexity index is 294. The molecule has 1 atom stereocenters. The second kappa shape index (κ2) is 4.13. The minimum atomic E-state index is -0.480. The van der Waals surface area contributed by atoms with E-state index in [0.29, 0.717) is 24.9 Å². The maximum absolute atomic E-state index is 10.5. The maximum atomic E-state index is 10.5. The Morgan fingerprint density at radius 1 is 1.69 bits per heavy atom. The van der Waals surface area contributed by atoms with Crippen LogP contribution in [0.5, 0.6) is 0 Å². The molecule has 0 spiro atoms. The first-order valence-corrected chi connectivity index (χ1v) is 4.24. The van der Waals surface area contributed by atoms with Crippen LogP contribution in [0.3, 0.4) is 0 Å². The van der Waals surface area contributed by atoms with E-state index < -0.39 is 6.10 Å². The van der Waals surface area contributed by atoms with Gasteiger partial charge in [-0.05, 0) is 13.3 Å². The lowest BCUT2D eigenvalue weighted by Crippen LogP contribution is -2.15.